The van der Waals surface area contributed by atoms with Crippen molar-refractivity contribution in [3.63, 3.8) is 0 Å². The van der Waals surface area contributed by atoms with Crippen molar-refractivity contribution in [3.05, 3.63) is 0 Å². The van der Waals surface area contributed by atoms with E-state index in [0.29, 0.717) is 12.3 Å². The van der Waals surface area contributed by atoms with Crippen LogP contribution in [-0.2, 0) is 4.57 Å². The Labute approximate surface area is 85.0 Å². The van der Waals surface area contributed by atoms with E-state index in [1.54, 1.807) is 0 Å². The Balaban J connectivity index is 2.43. The highest BCUT2D eigenvalue weighted by atomic mass is 31.2. The van der Waals surface area contributed by atoms with Crippen LogP contribution in [0.2, 0.25) is 0 Å². The summed E-state index contributed by atoms with van der Waals surface area (Å²) in [4.78, 5) is 18.1. The van der Waals surface area contributed by atoms with Gasteiger partial charge in [-0.2, -0.15) is 0 Å². The molecule has 0 bridgehead atoms. The molecule has 0 amide bonds. The molecule has 14 heavy (non-hydrogen) atoms. The molecule has 0 aromatic rings. The van der Waals surface area contributed by atoms with Crippen molar-refractivity contribution in [1.82, 2.24) is 0 Å². The molecule has 1 saturated carbocycles. The Kier molecular flexibility index (Phi) is 4.58. The lowest BCUT2D eigenvalue weighted by Crippen LogP contribution is -2.24. The molecule has 0 saturated heterocycles. The second kappa shape index (κ2) is 5.26. The summed E-state index contributed by atoms with van der Waals surface area (Å²) in [5, 5.41) is 0. The highest BCUT2D eigenvalue weighted by Crippen LogP contribution is 2.45. The molecule has 1 aliphatic rings. The molecule has 0 aromatic heterocycles. The van der Waals surface area contributed by atoms with Crippen molar-refractivity contribution in [2.45, 2.75) is 44.2 Å². The molecular weight excluding hydrogens is 201 g/mol. The van der Waals surface area contributed by atoms with Crippen LogP contribution in [0.15, 0.2) is 0 Å². The first-order chi connectivity index (χ1) is 6.54. The maximum Gasteiger partial charge on any atom is 0.329 e. The van der Waals surface area contributed by atoms with Crippen LogP contribution in [0.1, 0.15) is 38.5 Å². The second-order valence-electron chi connectivity index (χ2n) is 4.22. The summed E-state index contributed by atoms with van der Waals surface area (Å²) in [6.45, 7) is 0.0980. The third-order valence-corrected chi connectivity index (χ3v) is 4.45. The van der Waals surface area contributed by atoms with Crippen molar-refractivity contribution in [2.75, 3.05) is 6.54 Å². The minimum atomic E-state index is -3.97. The molecule has 0 radical (unpaired) electrons. The number of hydrogen-bond donors (Lipinski definition) is 3. The molecule has 0 spiro atoms. The van der Waals surface area contributed by atoms with Gasteiger partial charge in [-0.3, -0.25) is 4.57 Å². The largest absolute Gasteiger partial charge is 0.330 e. The van der Waals surface area contributed by atoms with Gasteiger partial charge in [-0.1, -0.05) is 32.1 Å². The van der Waals surface area contributed by atoms with Crippen LogP contribution in [0, 0.1) is 5.92 Å². The fraction of sp³-hybridized carbons (Fsp3) is 1.00. The fourth-order valence-electron chi connectivity index (χ4n) is 2.18. The van der Waals surface area contributed by atoms with Crippen LogP contribution in [0.4, 0.5) is 0 Å². The molecule has 84 valence electrons. The average Bonchev–Trinajstić information content (AvgIpc) is 2.14. The van der Waals surface area contributed by atoms with Gasteiger partial charge in [-0.05, 0) is 12.3 Å². The van der Waals surface area contributed by atoms with E-state index in [4.69, 9.17) is 15.5 Å². The summed E-state index contributed by atoms with van der Waals surface area (Å²) in [5.74, 6) is 0.477. The summed E-state index contributed by atoms with van der Waals surface area (Å²) >= 11 is 0. The van der Waals surface area contributed by atoms with Gasteiger partial charge in [0.1, 0.15) is 0 Å². The van der Waals surface area contributed by atoms with Crippen molar-refractivity contribution in [3.8, 4) is 0 Å². The summed E-state index contributed by atoms with van der Waals surface area (Å²) in [5.41, 5.74) is 4.76. The monoisotopic (exact) mass is 221 g/mol. The van der Waals surface area contributed by atoms with Crippen LogP contribution in [-0.4, -0.2) is 22.0 Å². The van der Waals surface area contributed by atoms with Gasteiger partial charge < -0.3 is 15.5 Å². The molecule has 1 aliphatic carbocycles. The maximum absolute atomic E-state index is 11.1. The quantitative estimate of drug-likeness (QED) is 0.627. The van der Waals surface area contributed by atoms with E-state index in [0.717, 1.165) is 12.8 Å². The lowest BCUT2D eigenvalue weighted by atomic mass is 9.86. The van der Waals surface area contributed by atoms with Crippen molar-refractivity contribution in [1.29, 1.82) is 0 Å². The molecule has 1 rings (SSSR count). The molecule has 4 N–H and O–H groups in total. The van der Waals surface area contributed by atoms with Crippen LogP contribution < -0.4 is 5.73 Å². The Hall–Kier alpha value is 0.110. The lowest BCUT2D eigenvalue weighted by molar-refractivity contribution is 0.306. The van der Waals surface area contributed by atoms with Gasteiger partial charge in [0.25, 0.3) is 0 Å². The van der Waals surface area contributed by atoms with E-state index >= 15 is 0 Å². The lowest BCUT2D eigenvalue weighted by Gasteiger charge is -2.26. The topological polar surface area (TPSA) is 83.6 Å². The SMILES string of the molecule is NCC(CC1CCCCC1)P(=O)(O)O. The Morgan fingerprint density at radius 1 is 1.29 bits per heavy atom. The standard InChI is InChI=1S/C9H20NO3P/c10-7-9(14(11,12)13)6-8-4-2-1-3-5-8/h8-9H,1-7,10H2,(H2,11,12,13). The van der Waals surface area contributed by atoms with Gasteiger partial charge in [0.2, 0.25) is 0 Å². The predicted octanol–water partition coefficient (Wildman–Crippen LogP) is 1.46. The van der Waals surface area contributed by atoms with Crippen LogP contribution >= 0.6 is 7.60 Å². The molecule has 0 heterocycles. The molecule has 4 nitrogen and oxygen atoms in total. The molecule has 1 atom stereocenters. The van der Waals surface area contributed by atoms with Gasteiger partial charge in [0.05, 0.1) is 5.66 Å². The summed E-state index contributed by atoms with van der Waals surface area (Å²) in [6.07, 6.45) is 6.47. The van der Waals surface area contributed by atoms with Crippen molar-refractivity contribution >= 4 is 7.60 Å². The zero-order valence-electron chi connectivity index (χ0n) is 8.43. The number of rotatable bonds is 4. The highest BCUT2D eigenvalue weighted by Gasteiger charge is 2.30. The predicted molar refractivity (Wildman–Crippen MR) is 56.1 cm³/mol. The minimum Gasteiger partial charge on any atom is -0.330 e. The first kappa shape index (κ1) is 12.2. The van der Waals surface area contributed by atoms with Crippen LogP contribution in [0.3, 0.4) is 0 Å². The Bertz CT molecular complexity index is 210. The zero-order valence-corrected chi connectivity index (χ0v) is 9.33. The zero-order chi connectivity index (χ0) is 10.6. The summed E-state index contributed by atoms with van der Waals surface area (Å²) in [6, 6.07) is 0. The van der Waals surface area contributed by atoms with E-state index < -0.39 is 13.3 Å². The fourth-order valence-corrected chi connectivity index (χ4v) is 3.03. The molecule has 5 heteroatoms. The maximum atomic E-state index is 11.1. The van der Waals surface area contributed by atoms with Crippen LogP contribution in [0.5, 0.6) is 0 Å². The van der Waals surface area contributed by atoms with Gasteiger partial charge in [0, 0.05) is 6.54 Å². The molecular formula is C9H20NO3P. The summed E-state index contributed by atoms with van der Waals surface area (Å²) in [7, 11) is -3.97. The van der Waals surface area contributed by atoms with E-state index in [1.807, 2.05) is 0 Å². The van der Waals surface area contributed by atoms with E-state index in [2.05, 4.69) is 0 Å². The third kappa shape index (κ3) is 3.70. The van der Waals surface area contributed by atoms with Gasteiger partial charge in [-0.15, -0.1) is 0 Å². The summed E-state index contributed by atoms with van der Waals surface area (Å²) < 4.78 is 11.1. The van der Waals surface area contributed by atoms with E-state index in [9.17, 15) is 4.57 Å². The van der Waals surface area contributed by atoms with Gasteiger partial charge >= 0.3 is 7.60 Å². The number of nitrogens with two attached hydrogens (primary N) is 1. The van der Waals surface area contributed by atoms with Crippen LogP contribution in [0.25, 0.3) is 0 Å². The molecule has 1 fully saturated rings. The smallest absolute Gasteiger partial charge is 0.329 e. The Morgan fingerprint density at radius 3 is 2.29 bits per heavy atom. The van der Waals surface area contributed by atoms with Gasteiger partial charge in [0.15, 0.2) is 0 Å². The molecule has 0 aliphatic heterocycles. The average molecular weight is 221 g/mol. The van der Waals surface area contributed by atoms with E-state index in [-0.39, 0.29) is 6.54 Å². The highest BCUT2D eigenvalue weighted by molar-refractivity contribution is 7.52. The Morgan fingerprint density at radius 2 is 1.86 bits per heavy atom. The number of hydrogen-bond acceptors (Lipinski definition) is 2. The van der Waals surface area contributed by atoms with Crippen molar-refractivity contribution < 1.29 is 14.4 Å². The second-order valence-corrected chi connectivity index (χ2v) is 6.13. The first-order valence-corrected chi connectivity index (χ1v) is 6.97. The van der Waals surface area contributed by atoms with E-state index in [1.165, 1.54) is 19.3 Å². The minimum absolute atomic E-state index is 0.0980. The third-order valence-electron chi connectivity index (χ3n) is 3.08. The molecule has 0 aromatic carbocycles. The van der Waals surface area contributed by atoms with Crippen molar-refractivity contribution in [2.24, 2.45) is 11.7 Å². The molecule has 1 unspecified atom stereocenters. The normalized spacial score (nSPS) is 22.2. The van der Waals surface area contributed by atoms with Gasteiger partial charge in [-0.25, -0.2) is 0 Å². The first-order valence-electron chi connectivity index (χ1n) is 5.29.